The molecule has 0 aromatic heterocycles. The van der Waals surface area contributed by atoms with Gasteiger partial charge in [0.25, 0.3) is 0 Å². The molecule has 1 saturated heterocycles. The smallest absolute Gasteiger partial charge is 0.236 e. The summed E-state index contributed by atoms with van der Waals surface area (Å²) in [6.45, 7) is 5.34. The van der Waals surface area contributed by atoms with Crippen molar-refractivity contribution in [2.45, 2.75) is 36.5 Å². The van der Waals surface area contributed by atoms with Crippen LogP contribution in [0.2, 0.25) is 0 Å². The standard InChI is InChI=1S/C17H23NO5S2/c1-3-18(13-6-9-25(20,21)11-13)17(19)12(2)24-14-4-5-15-16(10-14)23-8-7-22-15/h4-5,10,12-13H,3,6-9,11H2,1-2H3/t12-,13-/m1/s1. The van der Waals surface area contributed by atoms with Crippen LogP contribution in [-0.4, -0.2) is 61.8 Å². The molecule has 1 fully saturated rings. The van der Waals surface area contributed by atoms with E-state index in [4.69, 9.17) is 9.47 Å². The quantitative estimate of drug-likeness (QED) is 0.722. The van der Waals surface area contributed by atoms with Crippen LogP contribution in [0, 0.1) is 0 Å². The molecule has 25 heavy (non-hydrogen) atoms. The lowest BCUT2D eigenvalue weighted by atomic mass is 10.2. The zero-order valence-corrected chi connectivity index (χ0v) is 16.1. The Morgan fingerprint density at radius 2 is 2.04 bits per heavy atom. The number of sulfone groups is 1. The fourth-order valence-electron chi connectivity index (χ4n) is 3.20. The van der Waals surface area contributed by atoms with E-state index in [1.807, 2.05) is 32.0 Å². The van der Waals surface area contributed by atoms with Crippen molar-refractivity contribution in [3.05, 3.63) is 18.2 Å². The summed E-state index contributed by atoms with van der Waals surface area (Å²) in [7, 11) is -3.01. The van der Waals surface area contributed by atoms with E-state index in [1.54, 1.807) is 4.90 Å². The molecule has 2 heterocycles. The molecular formula is C17H23NO5S2. The number of ether oxygens (including phenoxy) is 2. The lowest BCUT2D eigenvalue weighted by Gasteiger charge is -2.29. The fourth-order valence-corrected chi connectivity index (χ4v) is 5.90. The van der Waals surface area contributed by atoms with Crippen molar-refractivity contribution in [3.63, 3.8) is 0 Å². The van der Waals surface area contributed by atoms with Crippen molar-refractivity contribution in [3.8, 4) is 11.5 Å². The molecule has 2 atom stereocenters. The summed E-state index contributed by atoms with van der Waals surface area (Å²) >= 11 is 1.45. The van der Waals surface area contributed by atoms with Gasteiger partial charge in [0.1, 0.15) is 13.2 Å². The fraction of sp³-hybridized carbons (Fsp3) is 0.588. The van der Waals surface area contributed by atoms with Crippen molar-refractivity contribution in [2.75, 3.05) is 31.3 Å². The zero-order chi connectivity index (χ0) is 18.0. The molecule has 0 N–H and O–H groups in total. The molecule has 0 radical (unpaired) electrons. The molecule has 0 spiro atoms. The van der Waals surface area contributed by atoms with Gasteiger partial charge in [0.2, 0.25) is 5.91 Å². The van der Waals surface area contributed by atoms with Crippen LogP contribution in [0.15, 0.2) is 23.1 Å². The molecule has 2 aliphatic rings. The number of hydrogen-bond donors (Lipinski definition) is 0. The van der Waals surface area contributed by atoms with Crippen molar-refractivity contribution in [1.82, 2.24) is 4.90 Å². The van der Waals surface area contributed by atoms with Crippen LogP contribution in [0.25, 0.3) is 0 Å². The number of carbonyl (C=O) groups is 1. The summed E-state index contributed by atoms with van der Waals surface area (Å²) in [6, 6.07) is 5.46. The predicted molar refractivity (Wildman–Crippen MR) is 97.2 cm³/mol. The molecular weight excluding hydrogens is 362 g/mol. The monoisotopic (exact) mass is 385 g/mol. The molecule has 2 aliphatic heterocycles. The number of thioether (sulfide) groups is 1. The minimum absolute atomic E-state index is 0.0236. The number of hydrogen-bond acceptors (Lipinski definition) is 6. The van der Waals surface area contributed by atoms with Gasteiger partial charge in [-0.1, -0.05) is 0 Å². The average Bonchev–Trinajstić information content (AvgIpc) is 2.95. The Morgan fingerprint density at radius 1 is 1.32 bits per heavy atom. The van der Waals surface area contributed by atoms with Gasteiger partial charge in [0.05, 0.1) is 16.8 Å². The summed E-state index contributed by atoms with van der Waals surface area (Å²) in [5.41, 5.74) is 0. The average molecular weight is 386 g/mol. The zero-order valence-electron chi connectivity index (χ0n) is 14.4. The van der Waals surface area contributed by atoms with Gasteiger partial charge in [0.15, 0.2) is 21.3 Å². The largest absolute Gasteiger partial charge is 0.486 e. The molecule has 0 aliphatic carbocycles. The first-order valence-corrected chi connectivity index (χ1v) is 11.2. The van der Waals surface area contributed by atoms with E-state index in [0.29, 0.717) is 31.9 Å². The molecule has 0 bridgehead atoms. The molecule has 138 valence electrons. The number of carbonyl (C=O) groups excluding carboxylic acids is 1. The van der Waals surface area contributed by atoms with Gasteiger partial charge < -0.3 is 14.4 Å². The van der Waals surface area contributed by atoms with Crippen LogP contribution < -0.4 is 9.47 Å². The normalized spacial score (nSPS) is 22.4. The van der Waals surface area contributed by atoms with Crippen LogP contribution in [-0.2, 0) is 14.6 Å². The van der Waals surface area contributed by atoms with E-state index in [0.717, 1.165) is 10.6 Å². The van der Waals surface area contributed by atoms with Crippen LogP contribution >= 0.6 is 11.8 Å². The van der Waals surface area contributed by atoms with E-state index in [1.165, 1.54) is 11.8 Å². The van der Waals surface area contributed by atoms with Crippen LogP contribution in [0.3, 0.4) is 0 Å². The molecule has 0 saturated carbocycles. The van der Waals surface area contributed by atoms with E-state index in [2.05, 4.69) is 0 Å². The summed E-state index contributed by atoms with van der Waals surface area (Å²) in [5, 5.41) is -0.300. The maximum Gasteiger partial charge on any atom is 0.236 e. The summed E-state index contributed by atoms with van der Waals surface area (Å²) in [5.74, 6) is 1.65. The number of rotatable bonds is 5. The van der Waals surface area contributed by atoms with Gasteiger partial charge in [-0.3, -0.25) is 4.79 Å². The van der Waals surface area contributed by atoms with Crippen LogP contribution in [0.1, 0.15) is 20.3 Å². The molecule has 1 aromatic rings. The molecule has 0 unspecified atom stereocenters. The summed E-state index contributed by atoms with van der Waals surface area (Å²) < 4.78 is 34.5. The third kappa shape index (κ3) is 4.23. The number of fused-ring (bicyclic) bond motifs is 1. The van der Waals surface area contributed by atoms with Gasteiger partial charge in [-0.25, -0.2) is 8.42 Å². The lowest BCUT2D eigenvalue weighted by molar-refractivity contribution is -0.131. The second-order valence-corrected chi connectivity index (χ2v) is 9.89. The van der Waals surface area contributed by atoms with Crippen LogP contribution in [0.5, 0.6) is 11.5 Å². The van der Waals surface area contributed by atoms with Crippen molar-refractivity contribution >= 4 is 27.5 Å². The lowest BCUT2D eigenvalue weighted by Crippen LogP contribution is -2.44. The van der Waals surface area contributed by atoms with Crippen molar-refractivity contribution < 1.29 is 22.7 Å². The van der Waals surface area contributed by atoms with Crippen molar-refractivity contribution in [2.24, 2.45) is 0 Å². The van der Waals surface area contributed by atoms with Gasteiger partial charge in [0, 0.05) is 17.5 Å². The van der Waals surface area contributed by atoms with Gasteiger partial charge in [-0.2, -0.15) is 0 Å². The minimum atomic E-state index is -3.01. The summed E-state index contributed by atoms with van der Waals surface area (Å²) in [6.07, 6.45) is 0.531. The first kappa shape index (κ1) is 18.4. The molecule has 1 aromatic carbocycles. The van der Waals surface area contributed by atoms with E-state index in [-0.39, 0.29) is 28.7 Å². The predicted octanol–water partition coefficient (Wildman–Crippen LogP) is 1.97. The van der Waals surface area contributed by atoms with Crippen molar-refractivity contribution in [1.29, 1.82) is 0 Å². The second-order valence-electron chi connectivity index (χ2n) is 6.25. The van der Waals surface area contributed by atoms with Gasteiger partial charge >= 0.3 is 0 Å². The van der Waals surface area contributed by atoms with E-state index < -0.39 is 9.84 Å². The van der Waals surface area contributed by atoms with E-state index in [9.17, 15) is 13.2 Å². The molecule has 1 amide bonds. The number of benzene rings is 1. The molecule has 8 heteroatoms. The van der Waals surface area contributed by atoms with E-state index >= 15 is 0 Å². The van der Waals surface area contributed by atoms with Crippen LogP contribution in [0.4, 0.5) is 0 Å². The highest BCUT2D eigenvalue weighted by Crippen LogP contribution is 2.36. The maximum absolute atomic E-state index is 12.8. The SMILES string of the molecule is CCN(C(=O)[C@@H](C)Sc1ccc2c(c1)OCCO2)[C@@H]1CCS(=O)(=O)C1. The number of nitrogens with zero attached hydrogens (tertiary/aromatic N) is 1. The third-order valence-corrected chi connectivity index (χ3v) is 7.28. The maximum atomic E-state index is 12.8. The second kappa shape index (κ2) is 7.45. The van der Waals surface area contributed by atoms with Gasteiger partial charge in [-0.15, -0.1) is 11.8 Å². The van der Waals surface area contributed by atoms with Gasteiger partial charge in [-0.05, 0) is 38.5 Å². The summed E-state index contributed by atoms with van der Waals surface area (Å²) in [4.78, 5) is 15.5. The Kier molecular flexibility index (Phi) is 5.48. The highest BCUT2D eigenvalue weighted by atomic mass is 32.2. The molecule has 6 nitrogen and oxygen atoms in total. The highest BCUT2D eigenvalue weighted by Gasteiger charge is 2.35. The highest BCUT2D eigenvalue weighted by molar-refractivity contribution is 8.00. The topological polar surface area (TPSA) is 72.9 Å². The molecule has 3 rings (SSSR count). The minimum Gasteiger partial charge on any atom is -0.486 e. The Labute approximate surface area is 152 Å². The Hall–Kier alpha value is -1.41. The first-order valence-electron chi connectivity index (χ1n) is 8.47. The third-order valence-electron chi connectivity index (χ3n) is 4.45. The Balaban J connectivity index is 1.67. The number of amides is 1. The Morgan fingerprint density at radius 3 is 2.68 bits per heavy atom. The Bertz CT molecular complexity index is 749. The first-order chi connectivity index (χ1) is 11.9.